The summed E-state index contributed by atoms with van der Waals surface area (Å²) in [6.07, 6.45) is 2.91. The summed E-state index contributed by atoms with van der Waals surface area (Å²) < 4.78 is 0. The molecule has 1 aliphatic heterocycles. The molecule has 1 heterocycles. The molecule has 6 nitrogen and oxygen atoms in total. The Kier molecular flexibility index (Phi) is 6.18. The van der Waals surface area contributed by atoms with Gasteiger partial charge in [0.05, 0.1) is 0 Å². The van der Waals surface area contributed by atoms with Crippen LogP contribution in [0.5, 0.6) is 0 Å². The van der Waals surface area contributed by atoms with Gasteiger partial charge in [0.2, 0.25) is 5.91 Å². The first-order chi connectivity index (χ1) is 9.69. The SMILES string of the molecule is CC(CC(=O)O)CC(=O)NC(=O)N1CCCC(C)(C)CC1. The van der Waals surface area contributed by atoms with Crippen LogP contribution in [0.2, 0.25) is 0 Å². The smallest absolute Gasteiger partial charge is 0.324 e. The molecule has 0 aromatic rings. The van der Waals surface area contributed by atoms with E-state index < -0.39 is 11.9 Å². The van der Waals surface area contributed by atoms with Gasteiger partial charge in [0, 0.05) is 25.9 Å². The largest absolute Gasteiger partial charge is 0.481 e. The fourth-order valence-electron chi connectivity index (χ4n) is 2.56. The first kappa shape index (κ1) is 17.5. The molecular formula is C15H26N2O4. The molecular weight excluding hydrogens is 272 g/mol. The van der Waals surface area contributed by atoms with Crippen LogP contribution in [-0.4, -0.2) is 41.0 Å². The minimum Gasteiger partial charge on any atom is -0.481 e. The van der Waals surface area contributed by atoms with Crippen molar-refractivity contribution in [2.45, 2.75) is 52.9 Å². The fourth-order valence-corrected chi connectivity index (χ4v) is 2.56. The van der Waals surface area contributed by atoms with Crippen molar-refractivity contribution in [3.05, 3.63) is 0 Å². The molecule has 1 unspecified atom stereocenters. The quantitative estimate of drug-likeness (QED) is 0.833. The predicted molar refractivity (Wildman–Crippen MR) is 78.8 cm³/mol. The summed E-state index contributed by atoms with van der Waals surface area (Å²) in [6, 6.07) is -0.361. The average molecular weight is 298 g/mol. The van der Waals surface area contributed by atoms with Gasteiger partial charge in [-0.3, -0.25) is 14.9 Å². The lowest BCUT2D eigenvalue weighted by molar-refractivity contribution is -0.138. The molecule has 1 fully saturated rings. The van der Waals surface area contributed by atoms with E-state index in [1.807, 2.05) is 0 Å². The maximum atomic E-state index is 12.1. The number of aliphatic carboxylic acids is 1. The summed E-state index contributed by atoms with van der Waals surface area (Å²) in [4.78, 5) is 36.0. The molecule has 0 aromatic carbocycles. The number of hydrogen-bond acceptors (Lipinski definition) is 3. The van der Waals surface area contributed by atoms with Gasteiger partial charge in [-0.1, -0.05) is 20.8 Å². The van der Waals surface area contributed by atoms with E-state index in [2.05, 4.69) is 19.2 Å². The number of amides is 3. The average Bonchev–Trinajstić information content (AvgIpc) is 2.48. The Morgan fingerprint density at radius 3 is 2.48 bits per heavy atom. The van der Waals surface area contributed by atoms with E-state index in [4.69, 9.17) is 5.11 Å². The predicted octanol–water partition coefficient (Wildman–Crippen LogP) is 2.24. The molecule has 21 heavy (non-hydrogen) atoms. The Hall–Kier alpha value is -1.59. The van der Waals surface area contributed by atoms with E-state index in [0.29, 0.717) is 13.1 Å². The van der Waals surface area contributed by atoms with Crippen molar-refractivity contribution in [3.63, 3.8) is 0 Å². The van der Waals surface area contributed by atoms with E-state index >= 15 is 0 Å². The van der Waals surface area contributed by atoms with Crippen LogP contribution in [0.15, 0.2) is 0 Å². The van der Waals surface area contributed by atoms with Crippen molar-refractivity contribution >= 4 is 17.9 Å². The van der Waals surface area contributed by atoms with Gasteiger partial charge in [-0.25, -0.2) is 4.79 Å². The van der Waals surface area contributed by atoms with Crippen LogP contribution in [0.4, 0.5) is 4.79 Å². The number of imide groups is 1. The van der Waals surface area contributed by atoms with E-state index in [0.717, 1.165) is 19.3 Å². The highest BCUT2D eigenvalue weighted by molar-refractivity contribution is 5.94. The van der Waals surface area contributed by atoms with Crippen LogP contribution in [-0.2, 0) is 9.59 Å². The second-order valence-electron chi connectivity index (χ2n) is 6.77. The van der Waals surface area contributed by atoms with Crippen molar-refractivity contribution in [2.24, 2.45) is 11.3 Å². The molecule has 1 aliphatic rings. The van der Waals surface area contributed by atoms with Gasteiger partial charge in [-0.15, -0.1) is 0 Å². The summed E-state index contributed by atoms with van der Waals surface area (Å²) >= 11 is 0. The van der Waals surface area contributed by atoms with E-state index in [1.165, 1.54) is 0 Å². The Bertz CT molecular complexity index is 406. The zero-order valence-corrected chi connectivity index (χ0v) is 13.1. The molecule has 0 aromatic heterocycles. The number of carboxylic acids is 1. The minimum atomic E-state index is -0.934. The van der Waals surface area contributed by atoms with Gasteiger partial charge in [0.15, 0.2) is 0 Å². The molecule has 0 saturated carbocycles. The van der Waals surface area contributed by atoms with Gasteiger partial charge >= 0.3 is 12.0 Å². The molecule has 120 valence electrons. The lowest BCUT2D eigenvalue weighted by Crippen LogP contribution is -2.43. The number of hydrogen-bond donors (Lipinski definition) is 2. The summed E-state index contributed by atoms with van der Waals surface area (Å²) in [5, 5.41) is 11.0. The number of nitrogens with one attached hydrogen (secondary N) is 1. The zero-order chi connectivity index (χ0) is 16.0. The molecule has 0 aliphatic carbocycles. The topological polar surface area (TPSA) is 86.7 Å². The van der Waals surface area contributed by atoms with Gasteiger partial charge < -0.3 is 10.0 Å². The Balaban J connectivity index is 2.42. The normalized spacial score (nSPS) is 19.5. The van der Waals surface area contributed by atoms with Gasteiger partial charge in [-0.2, -0.15) is 0 Å². The Labute approximate surface area is 125 Å². The van der Waals surface area contributed by atoms with E-state index in [-0.39, 0.29) is 30.2 Å². The molecule has 6 heteroatoms. The van der Waals surface area contributed by atoms with Crippen molar-refractivity contribution in [2.75, 3.05) is 13.1 Å². The first-order valence-electron chi connectivity index (χ1n) is 7.50. The molecule has 0 radical (unpaired) electrons. The zero-order valence-electron chi connectivity index (χ0n) is 13.1. The minimum absolute atomic E-state index is 0.0529. The second-order valence-corrected chi connectivity index (χ2v) is 6.77. The second kappa shape index (κ2) is 7.43. The summed E-state index contributed by atoms with van der Waals surface area (Å²) in [5.41, 5.74) is 0.231. The Morgan fingerprint density at radius 1 is 1.19 bits per heavy atom. The number of carboxylic acid groups (broad SMARTS) is 1. The standard InChI is InChI=1S/C15H26N2O4/c1-11(10-13(19)20)9-12(18)16-14(21)17-7-4-5-15(2,3)6-8-17/h11H,4-10H2,1-3H3,(H,19,20)(H,16,18,21). The third kappa shape index (κ3) is 6.60. The highest BCUT2D eigenvalue weighted by Crippen LogP contribution is 2.29. The van der Waals surface area contributed by atoms with Crippen molar-refractivity contribution in [3.8, 4) is 0 Å². The summed E-state index contributed by atoms with van der Waals surface area (Å²) in [6.45, 7) is 7.37. The van der Waals surface area contributed by atoms with Crippen LogP contribution in [0.3, 0.4) is 0 Å². The molecule has 1 saturated heterocycles. The highest BCUT2D eigenvalue weighted by atomic mass is 16.4. The summed E-state index contributed by atoms with van der Waals surface area (Å²) in [7, 11) is 0. The van der Waals surface area contributed by atoms with Crippen LogP contribution in [0.1, 0.15) is 52.9 Å². The van der Waals surface area contributed by atoms with E-state index in [9.17, 15) is 14.4 Å². The van der Waals surface area contributed by atoms with Crippen LogP contribution in [0.25, 0.3) is 0 Å². The number of rotatable bonds is 4. The van der Waals surface area contributed by atoms with Crippen LogP contribution in [0, 0.1) is 11.3 Å². The number of carbonyl (C=O) groups excluding carboxylic acids is 2. The van der Waals surface area contributed by atoms with Crippen molar-refractivity contribution in [1.82, 2.24) is 10.2 Å². The van der Waals surface area contributed by atoms with Crippen LogP contribution < -0.4 is 5.32 Å². The third-order valence-electron chi connectivity index (χ3n) is 3.93. The molecule has 2 N–H and O–H groups in total. The maximum Gasteiger partial charge on any atom is 0.324 e. The number of urea groups is 1. The number of carbonyl (C=O) groups is 3. The number of nitrogens with zero attached hydrogens (tertiary/aromatic N) is 1. The Morgan fingerprint density at radius 2 is 1.86 bits per heavy atom. The lowest BCUT2D eigenvalue weighted by atomic mass is 9.85. The molecule has 0 bridgehead atoms. The fraction of sp³-hybridized carbons (Fsp3) is 0.800. The lowest BCUT2D eigenvalue weighted by Gasteiger charge is -2.23. The van der Waals surface area contributed by atoms with E-state index in [1.54, 1.807) is 11.8 Å². The van der Waals surface area contributed by atoms with Gasteiger partial charge in [-0.05, 0) is 30.6 Å². The maximum absolute atomic E-state index is 12.1. The van der Waals surface area contributed by atoms with Gasteiger partial charge in [0.25, 0.3) is 0 Å². The molecule has 1 atom stereocenters. The third-order valence-corrected chi connectivity index (χ3v) is 3.93. The molecule has 3 amide bonds. The number of likely N-dealkylation sites (tertiary alicyclic amines) is 1. The molecule has 0 spiro atoms. The molecule has 1 rings (SSSR count). The first-order valence-corrected chi connectivity index (χ1v) is 7.50. The monoisotopic (exact) mass is 298 g/mol. The highest BCUT2D eigenvalue weighted by Gasteiger charge is 2.26. The van der Waals surface area contributed by atoms with Gasteiger partial charge in [0.1, 0.15) is 0 Å². The summed E-state index contributed by atoms with van der Waals surface area (Å²) in [5.74, 6) is -1.62. The van der Waals surface area contributed by atoms with Crippen LogP contribution >= 0.6 is 0 Å². The van der Waals surface area contributed by atoms with Crippen molar-refractivity contribution < 1.29 is 19.5 Å². The van der Waals surface area contributed by atoms with Crippen molar-refractivity contribution in [1.29, 1.82) is 0 Å².